The van der Waals surface area contributed by atoms with Crippen molar-refractivity contribution in [1.82, 2.24) is 4.98 Å². The Hall–Kier alpha value is -4.99. The van der Waals surface area contributed by atoms with E-state index in [4.69, 9.17) is 28.7 Å². The number of nitro benzene ring substituents is 1. The molecule has 10 nitrogen and oxygen atoms in total. The van der Waals surface area contributed by atoms with E-state index < -0.39 is 4.92 Å². The molecular weight excluding hydrogens is 490 g/mol. The van der Waals surface area contributed by atoms with Gasteiger partial charge in [0.25, 0.3) is 5.69 Å². The van der Waals surface area contributed by atoms with Crippen molar-refractivity contribution in [3.05, 3.63) is 76.0 Å². The largest absolute Gasteiger partial charge is 0.493 e. The first-order valence-corrected chi connectivity index (χ1v) is 11.5. The molecule has 0 unspecified atom stereocenters. The lowest BCUT2D eigenvalue weighted by atomic mass is 10.1. The van der Waals surface area contributed by atoms with Gasteiger partial charge in [-0.25, -0.2) is 4.98 Å². The summed E-state index contributed by atoms with van der Waals surface area (Å²) in [6.45, 7) is 0. The maximum absolute atomic E-state index is 11.0. The van der Waals surface area contributed by atoms with Gasteiger partial charge in [0.15, 0.2) is 23.0 Å². The fourth-order valence-corrected chi connectivity index (χ4v) is 4.03. The van der Waals surface area contributed by atoms with Crippen molar-refractivity contribution in [1.29, 1.82) is 0 Å². The first-order valence-electron chi connectivity index (χ1n) is 11.5. The molecule has 4 aromatic rings. The zero-order valence-corrected chi connectivity index (χ0v) is 21.6. The second kappa shape index (κ2) is 11.4. The highest BCUT2D eigenvalue weighted by molar-refractivity contribution is 6.02. The van der Waals surface area contributed by atoms with E-state index in [0.717, 1.165) is 11.3 Å². The number of nitro groups is 1. The van der Waals surface area contributed by atoms with Gasteiger partial charge in [-0.3, -0.25) is 10.1 Å². The van der Waals surface area contributed by atoms with Gasteiger partial charge in [-0.15, -0.1) is 0 Å². The van der Waals surface area contributed by atoms with Gasteiger partial charge in [0, 0.05) is 30.0 Å². The molecule has 0 bridgehead atoms. The predicted octanol–water partition coefficient (Wildman–Crippen LogP) is 6.10. The molecule has 0 aliphatic carbocycles. The van der Waals surface area contributed by atoms with Crippen LogP contribution in [-0.4, -0.2) is 45.5 Å². The topological polar surface area (TPSA) is 114 Å². The Balaban J connectivity index is 1.86. The lowest BCUT2D eigenvalue weighted by molar-refractivity contribution is -0.384. The Morgan fingerprint density at radius 1 is 0.763 bits per heavy atom. The third-order valence-corrected chi connectivity index (χ3v) is 5.83. The van der Waals surface area contributed by atoms with Crippen LogP contribution in [0.3, 0.4) is 0 Å². The van der Waals surface area contributed by atoms with Crippen LogP contribution in [0.15, 0.2) is 54.6 Å². The molecule has 0 aliphatic rings. The Morgan fingerprint density at radius 3 is 2.05 bits per heavy atom. The first kappa shape index (κ1) is 26.1. The van der Waals surface area contributed by atoms with Crippen LogP contribution in [0, 0.1) is 10.1 Å². The van der Waals surface area contributed by atoms with Gasteiger partial charge < -0.3 is 29.0 Å². The molecule has 0 radical (unpaired) electrons. The van der Waals surface area contributed by atoms with E-state index in [1.54, 1.807) is 59.8 Å². The van der Waals surface area contributed by atoms with Crippen molar-refractivity contribution < 1.29 is 28.6 Å². The summed E-state index contributed by atoms with van der Waals surface area (Å²) in [5.41, 5.74) is 3.50. The van der Waals surface area contributed by atoms with Gasteiger partial charge in [0.2, 0.25) is 5.75 Å². The summed E-state index contributed by atoms with van der Waals surface area (Å²) in [5, 5.41) is 15.1. The molecule has 0 fully saturated rings. The van der Waals surface area contributed by atoms with Crippen LogP contribution in [0.5, 0.6) is 28.7 Å². The second-order valence-electron chi connectivity index (χ2n) is 8.01. The molecule has 0 saturated heterocycles. The number of aromatic nitrogens is 1. The zero-order valence-electron chi connectivity index (χ0n) is 21.6. The molecule has 0 aliphatic heterocycles. The average molecular weight is 518 g/mol. The molecular formula is C28H27N3O7. The number of fused-ring (bicyclic) bond motifs is 1. The normalized spacial score (nSPS) is 10.9. The van der Waals surface area contributed by atoms with Crippen LogP contribution >= 0.6 is 0 Å². The molecule has 38 heavy (non-hydrogen) atoms. The molecule has 1 heterocycles. The van der Waals surface area contributed by atoms with E-state index in [2.05, 4.69) is 5.32 Å². The standard InChI is InChI=1S/C28H27N3O7/c1-34-23-13-10-19(15-24(23)35-2)30-21-14-18(9-6-17-7-11-20(12-8-17)31(32)33)29-22-16-25(36-3)27(37-4)28(38-5)26(21)22/h6-16H,1-5H3,(H,29,30)/b9-6+. The van der Waals surface area contributed by atoms with E-state index in [1.165, 1.54) is 12.1 Å². The number of methoxy groups -OCH3 is 5. The minimum absolute atomic E-state index is 0.0283. The van der Waals surface area contributed by atoms with Crippen molar-refractivity contribution >= 4 is 40.1 Å². The smallest absolute Gasteiger partial charge is 0.269 e. The number of non-ortho nitro benzene ring substituents is 1. The second-order valence-corrected chi connectivity index (χ2v) is 8.01. The molecule has 0 amide bonds. The Labute approximate surface area is 219 Å². The van der Waals surface area contributed by atoms with Crippen molar-refractivity contribution in [3.8, 4) is 28.7 Å². The van der Waals surface area contributed by atoms with Crippen molar-refractivity contribution in [2.45, 2.75) is 0 Å². The van der Waals surface area contributed by atoms with Crippen LogP contribution in [0.4, 0.5) is 17.1 Å². The number of nitrogens with one attached hydrogen (secondary N) is 1. The highest BCUT2D eigenvalue weighted by Crippen LogP contribution is 2.46. The van der Waals surface area contributed by atoms with Crippen molar-refractivity contribution in [3.63, 3.8) is 0 Å². The maximum atomic E-state index is 11.0. The lowest BCUT2D eigenvalue weighted by Gasteiger charge is -2.18. The number of anilines is 2. The maximum Gasteiger partial charge on any atom is 0.269 e. The van der Waals surface area contributed by atoms with Crippen molar-refractivity contribution in [2.24, 2.45) is 0 Å². The number of benzene rings is 3. The molecule has 1 aromatic heterocycles. The third kappa shape index (κ3) is 5.24. The van der Waals surface area contributed by atoms with Crippen LogP contribution in [0.25, 0.3) is 23.1 Å². The summed E-state index contributed by atoms with van der Waals surface area (Å²) in [6.07, 6.45) is 3.65. The summed E-state index contributed by atoms with van der Waals surface area (Å²) < 4.78 is 27.7. The number of pyridine rings is 1. The molecule has 0 spiro atoms. The minimum Gasteiger partial charge on any atom is -0.493 e. The van der Waals surface area contributed by atoms with E-state index in [9.17, 15) is 10.1 Å². The molecule has 1 N–H and O–H groups in total. The Kier molecular flexibility index (Phi) is 7.81. The van der Waals surface area contributed by atoms with Gasteiger partial charge in [-0.1, -0.05) is 6.08 Å². The summed E-state index contributed by atoms with van der Waals surface area (Å²) in [4.78, 5) is 15.3. The molecule has 4 rings (SSSR count). The van der Waals surface area contributed by atoms with E-state index in [-0.39, 0.29) is 5.69 Å². The number of nitrogens with zero attached hydrogens (tertiary/aromatic N) is 2. The fourth-order valence-electron chi connectivity index (χ4n) is 4.03. The summed E-state index contributed by atoms with van der Waals surface area (Å²) in [5.74, 6) is 2.55. The Bertz CT molecular complexity index is 1500. The molecule has 10 heteroatoms. The lowest BCUT2D eigenvalue weighted by Crippen LogP contribution is -2.01. The molecule has 0 atom stereocenters. The number of hydrogen-bond donors (Lipinski definition) is 1. The van der Waals surface area contributed by atoms with Crippen LogP contribution < -0.4 is 29.0 Å². The summed E-state index contributed by atoms with van der Waals surface area (Å²) in [6, 6.07) is 15.4. The Morgan fingerprint density at radius 2 is 1.45 bits per heavy atom. The summed E-state index contributed by atoms with van der Waals surface area (Å²) >= 11 is 0. The fraction of sp³-hybridized carbons (Fsp3) is 0.179. The average Bonchev–Trinajstić information content (AvgIpc) is 2.94. The number of hydrogen-bond acceptors (Lipinski definition) is 9. The van der Waals surface area contributed by atoms with Crippen LogP contribution in [0.1, 0.15) is 11.3 Å². The molecule has 0 saturated carbocycles. The highest BCUT2D eigenvalue weighted by atomic mass is 16.6. The van der Waals surface area contributed by atoms with Crippen molar-refractivity contribution in [2.75, 3.05) is 40.9 Å². The van der Waals surface area contributed by atoms with Gasteiger partial charge in [0.1, 0.15) is 0 Å². The minimum atomic E-state index is -0.431. The molecule has 3 aromatic carbocycles. The van der Waals surface area contributed by atoms with E-state index >= 15 is 0 Å². The first-order chi connectivity index (χ1) is 18.4. The SMILES string of the molecule is COc1ccc(Nc2cc(/C=C/c3ccc([N+](=O)[O-])cc3)nc3cc(OC)c(OC)c(OC)c23)cc1OC. The van der Waals surface area contributed by atoms with Gasteiger partial charge in [-0.05, 0) is 42.0 Å². The zero-order chi connectivity index (χ0) is 27.2. The molecule has 196 valence electrons. The van der Waals surface area contributed by atoms with Crippen LogP contribution in [-0.2, 0) is 0 Å². The van der Waals surface area contributed by atoms with Crippen LogP contribution in [0.2, 0.25) is 0 Å². The van der Waals surface area contributed by atoms with E-state index in [1.807, 2.05) is 30.4 Å². The van der Waals surface area contributed by atoms with Gasteiger partial charge in [-0.2, -0.15) is 0 Å². The number of ether oxygens (including phenoxy) is 5. The highest BCUT2D eigenvalue weighted by Gasteiger charge is 2.20. The van der Waals surface area contributed by atoms with Gasteiger partial charge >= 0.3 is 0 Å². The van der Waals surface area contributed by atoms with E-state index in [0.29, 0.717) is 51.0 Å². The quantitative estimate of drug-likeness (QED) is 0.197. The third-order valence-electron chi connectivity index (χ3n) is 5.83. The van der Waals surface area contributed by atoms with Gasteiger partial charge in [0.05, 0.1) is 62.8 Å². The predicted molar refractivity (Wildman–Crippen MR) is 146 cm³/mol. The monoisotopic (exact) mass is 517 g/mol. The number of rotatable bonds is 10. The summed E-state index contributed by atoms with van der Waals surface area (Å²) in [7, 11) is 7.80.